The van der Waals surface area contributed by atoms with Crippen LogP contribution in [0.25, 0.3) is 6.08 Å². The van der Waals surface area contributed by atoms with E-state index in [0.29, 0.717) is 22.6 Å². The van der Waals surface area contributed by atoms with Crippen LogP contribution < -0.4 is 15.0 Å². The molecular weight excluding hydrogens is 426 g/mol. The minimum Gasteiger partial charge on any atom is -0.488 e. The molecule has 1 aliphatic rings. The highest BCUT2D eigenvalue weighted by Crippen LogP contribution is 2.26. The number of amides is 4. The quantitative estimate of drug-likeness (QED) is 0.268. The standard InChI is InChI=1S/C24H17N3O6/c28-22-20(23(29)26(24(30)25-22)18-7-2-1-3-8-18)14-17-6-4-5-9-21(17)33-15-16-10-12-19(13-11-16)27(31)32/h1-14H,15H2,(H,25,28,30)/b20-14+. The molecule has 0 aliphatic carbocycles. The van der Waals surface area contributed by atoms with Gasteiger partial charge < -0.3 is 4.74 Å². The summed E-state index contributed by atoms with van der Waals surface area (Å²) in [6, 6.07) is 20.2. The fourth-order valence-electron chi connectivity index (χ4n) is 3.23. The zero-order chi connectivity index (χ0) is 23.4. The Morgan fingerprint density at radius 1 is 0.909 bits per heavy atom. The van der Waals surface area contributed by atoms with Crippen molar-refractivity contribution >= 4 is 35.3 Å². The Morgan fingerprint density at radius 2 is 1.58 bits per heavy atom. The van der Waals surface area contributed by atoms with Gasteiger partial charge in [0.1, 0.15) is 17.9 Å². The van der Waals surface area contributed by atoms with E-state index in [4.69, 9.17) is 4.74 Å². The largest absolute Gasteiger partial charge is 0.488 e. The summed E-state index contributed by atoms with van der Waals surface area (Å²) in [6.45, 7) is 0.118. The van der Waals surface area contributed by atoms with Gasteiger partial charge in [-0.1, -0.05) is 36.4 Å². The first kappa shape index (κ1) is 21.4. The SMILES string of the molecule is O=C1NC(=O)N(c2ccccc2)C(=O)/C1=C/c1ccccc1OCc1ccc([N+](=O)[O-])cc1. The Bertz CT molecular complexity index is 1270. The van der Waals surface area contributed by atoms with Gasteiger partial charge >= 0.3 is 6.03 Å². The molecular formula is C24H17N3O6. The molecule has 3 aromatic rings. The summed E-state index contributed by atoms with van der Waals surface area (Å²) in [5, 5.41) is 13.0. The van der Waals surface area contributed by atoms with Gasteiger partial charge in [-0.2, -0.15) is 0 Å². The van der Waals surface area contributed by atoms with Crippen molar-refractivity contribution in [1.82, 2.24) is 5.32 Å². The lowest BCUT2D eigenvalue weighted by Crippen LogP contribution is -2.54. The number of non-ortho nitro benzene ring substituents is 1. The number of barbiturate groups is 1. The third-order valence-electron chi connectivity index (χ3n) is 4.88. The molecule has 0 radical (unpaired) electrons. The maximum atomic E-state index is 13.0. The lowest BCUT2D eigenvalue weighted by molar-refractivity contribution is -0.384. The van der Waals surface area contributed by atoms with Gasteiger partial charge in [0, 0.05) is 17.7 Å². The highest BCUT2D eigenvalue weighted by atomic mass is 16.6. The second-order valence-electron chi connectivity index (χ2n) is 7.04. The second-order valence-corrected chi connectivity index (χ2v) is 7.04. The smallest absolute Gasteiger partial charge is 0.335 e. The number of para-hydroxylation sites is 2. The van der Waals surface area contributed by atoms with Gasteiger partial charge in [-0.15, -0.1) is 0 Å². The summed E-state index contributed by atoms with van der Waals surface area (Å²) in [7, 11) is 0. The fourth-order valence-corrected chi connectivity index (χ4v) is 3.23. The number of hydrogen-bond acceptors (Lipinski definition) is 6. The Kier molecular flexibility index (Phi) is 5.94. The minimum atomic E-state index is -0.823. The van der Waals surface area contributed by atoms with E-state index in [0.717, 1.165) is 4.90 Å². The first-order chi connectivity index (χ1) is 15.9. The van der Waals surface area contributed by atoms with Crippen LogP contribution in [0, 0.1) is 10.1 Å². The van der Waals surface area contributed by atoms with E-state index in [1.54, 1.807) is 66.7 Å². The molecule has 1 aliphatic heterocycles. The number of carbonyl (C=O) groups is 3. The number of hydrogen-bond donors (Lipinski definition) is 1. The molecule has 4 amide bonds. The molecule has 0 atom stereocenters. The molecule has 1 fully saturated rings. The average Bonchev–Trinajstić information content (AvgIpc) is 2.82. The van der Waals surface area contributed by atoms with Crippen molar-refractivity contribution in [1.29, 1.82) is 0 Å². The first-order valence-electron chi connectivity index (χ1n) is 9.86. The van der Waals surface area contributed by atoms with Gasteiger partial charge in [0.15, 0.2) is 0 Å². The van der Waals surface area contributed by atoms with Gasteiger partial charge in [-0.3, -0.25) is 25.0 Å². The molecule has 0 aromatic heterocycles. The van der Waals surface area contributed by atoms with Crippen LogP contribution in [-0.2, 0) is 16.2 Å². The fraction of sp³-hybridized carbons (Fsp3) is 0.0417. The number of anilines is 1. The number of nitrogens with one attached hydrogen (secondary N) is 1. The molecule has 0 unspecified atom stereocenters. The van der Waals surface area contributed by atoms with Crippen molar-refractivity contribution in [3.05, 3.63) is 106 Å². The van der Waals surface area contributed by atoms with E-state index in [2.05, 4.69) is 5.32 Å². The summed E-state index contributed by atoms with van der Waals surface area (Å²) < 4.78 is 5.83. The minimum absolute atomic E-state index is 0.0248. The Balaban J connectivity index is 1.59. The van der Waals surface area contributed by atoms with Crippen LogP contribution in [0.4, 0.5) is 16.2 Å². The van der Waals surface area contributed by atoms with Crippen LogP contribution in [0.15, 0.2) is 84.4 Å². The van der Waals surface area contributed by atoms with Gasteiger partial charge in [0.2, 0.25) is 0 Å². The van der Waals surface area contributed by atoms with E-state index in [9.17, 15) is 24.5 Å². The first-order valence-corrected chi connectivity index (χ1v) is 9.86. The van der Waals surface area contributed by atoms with Crippen molar-refractivity contribution < 1.29 is 24.0 Å². The highest BCUT2D eigenvalue weighted by molar-refractivity contribution is 6.39. The van der Waals surface area contributed by atoms with Crippen LogP contribution in [0.5, 0.6) is 5.75 Å². The van der Waals surface area contributed by atoms with Gasteiger partial charge in [0.25, 0.3) is 17.5 Å². The normalized spacial score (nSPS) is 14.8. The lowest BCUT2D eigenvalue weighted by Gasteiger charge is -2.26. The van der Waals surface area contributed by atoms with E-state index < -0.39 is 22.8 Å². The van der Waals surface area contributed by atoms with Crippen molar-refractivity contribution in [2.75, 3.05) is 4.90 Å². The number of imide groups is 2. The summed E-state index contributed by atoms with van der Waals surface area (Å²) in [4.78, 5) is 48.9. The maximum absolute atomic E-state index is 13.0. The molecule has 0 saturated carbocycles. The molecule has 33 heavy (non-hydrogen) atoms. The van der Waals surface area contributed by atoms with Crippen molar-refractivity contribution in [3.63, 3.8) is 0 Å². The van der Waals surface area contributed by atoms with Gasteiger partial charge in [-0.05, 0) is 42.0 Å². The third-order valence-corrected chi connectivity index (χ3v) is 4.88. The van der Waals surface area contributed by atoms with Crippen LogP contribution in [0.2, 0.25) is 0 Å². The molecule has 4 rings (SSSR count). The maximum Gasteiger partial charge on any atom is 0.335 e. The van der Waals surface area contributed by atoms with Crippen LogP contribution >= 0.6 is 0 Å². The zero-order valence-corrected chi connectivity index (χ0v) is 17.1. The number of rotatable bonds is 6. The second kappa shape index (κ2) is 9.15. The van der Waals surface area contributed by atoms with Crippen molar-refractivity contribution in [2.24, 2.45) is 0 Å². The van der Waals surface area contributed by atoms with Crippen LogP contribution in [-0.4, -0.2) is 22.8 Å². The lowest BCUT2D eigenvalue weighted by atomic mass is 10.1. The van der Waals surface area contributed by atoms with E-state index in [1.165, 1.54) is 18.2 Å². The predicted octanol–water partition coefficient (Wildman–Crippen LogP) is 3.84. The number of nitro benzene ring substituents is 1. The topological polar surface area (TPSA) is 119 Å². The number of ether oxygens (including phenoxy) is 1. The molecule has 0 bridgehead atoms. The monoisotopic (exact) mass is 443 g/mol. The van der Waals surface area contributed by atoms with Gasteiger partial charge in [0.05, 0.1) is 10.6 Å². The molecule has 9 heteroatoms. The molecule has 0 spiro atoms. The zero-order valence-electron chi connectivity index (χ0n) is 17.1. The third kappa shape index (κ3) is 4.62. The van der Waals surface area contributed by atoms with Crippen LogP contribution in [0.3, 0.4) is 0 Å². The number of benzene rings is 3. The number of nitrogens with zero attached hydrogens (tertiary/aromatic N) is 2. The molecule has 164 valence electrons. The summed E-state index contributed by atoms with van der Waals surface area (Å²) >= 11 is 0. The number of urea groups is 1. The van der Waals surface area contributed by atoms with E-state index in [-0.39, 0.29) is 17.9 Å². The van der Waals surface area contributed by atoms with Crippen LogP contribution in [0.1, 0.15) is 11.1 Å². The molecule has 1 saturated heterocycles. The Hall–Kier alpha value is -4.79. The average molecular weight is 443 g/mol. The summed E-state index contributed by atoms with van der Waals surface area (Å²) in [6.07, 6.45) is 1.37. The van der Waals surface area contributed by atoms with E-state index in [1.807, 2.05) is 0 Å². The molecule has 3 aromatic carbocycles. The predicted molar refractivity (Wildman–Crippen MR) is 119 cm³/mol. The van der Waals surface area contributed by atoms with Gasteiger partial charge in [-0.25, -0.2) is 9.69 Å². The summed E-state index contributed by atoms with van der Waals surface area (Å²) in [5.41, 5.74) is 1.25. The Morgan fingerprint density at radius 3 is 2.27 bits per heavy atom. The molecule has 1 heterocycles. The molecule has 1 N–H and O–H groups in total. The van der Waals surface area contributed by atoms with Crippen molar-refractivity contribution in [3.8, 4) is 5.75 Å². The van der Waals surface area contributed by atoms with Crippen molar-refractivity contribution in [2.45, 2.75) is 6.61 Å². The molecule has 9 nitrogen and oxygen atoms in total. The number of carbonyl (C=O) groups excluding carboxylic acids is 3. The Labute approximate surface area is 188 Å². The highest BCUT2D eigenvalue weighted by Gasteiger charge is 2.36. The summed E-state index contributed by atoms with van der Waals surface area (Å²) in [5.74, 6) is -1.16. The number of nitro groups is 1. The van der Waals surface area contributed by atoms with E-state index >= 15 is 0 Å².